The standard InChI is InChI=1S/C50H36S/c1-51(2)47-23-12-11-22-41(47)43-31-45-46(32-48(43)51)49(35-17-7-4-8-18-35)44-30-39(33-14-5-3-6-15-33)26-27-42(44)50(45)40-21-13-20-37(29-40)38-25-24-34-16-9-10-19-36(34)28-38/h3-32H,1-2H3. The Kier molecular flexibility index (Phi) is 6.81. The smallest absolute Gasteiger partial charge is 0.00219 e. The van der Waals surface area contributed by atoms with Gasteiger partial charge >= 0.3 is 0 Å². The highest BCUT2D eigenvalue weighted by molar-refractivity contribution is 8.33. The molecular weight excluding hydrogens is 633 g/mol. The van der Waals surface area contributed by atoms with Crippen molar-refractivity contribution >= 4 is 42.3 Å². The lowest BCUT2D eigenvalue weighted by Gasteiger charge is -2.29. The molecule has 0 unspecified atom stereocenters. The molecule has 1 aliphatic rings. The molecule has 0 radical (unpaired) electrons. The van der Waals surface area contributed by atoms with E-state index in [0.29, 0.717) is 0 Å². The van der Waals surface area contributed by atoms with Crippen molar-refractivity contribution in [3.8, 4) is 55.6 Å². The first-order chi connectivity index (χ1) is 25.0. The van der Waals surface area contributed by atoms with E-state index in [9.17, 15) is 0 Å². The molecule has 9 aromatic carbocycles. The van der Waals surface area contributed by atoms with Gasteiger partial charge in [0, 0.05) is 9.79 Å². The third kappa shape index (κ3) is 4.77. The summed E-state index contributed by atoms with van der Waals surface area (Å²) in [6, 6.07) is 67.8. The van der Waals surface area contributed by atoms with E-state index in [1.165, 1.54) is 97.7 Å². The second-order valence-electron chi connectivity index (χ2n) is 14.1. The van der Waals surface area contributed by atoms with Crippen molar-refractivity contribution in [3.63, 3.8) is 0 Å². The average molecular weight is 669 g/mol. The molecule has 0 aromatic heterocycles. The van der Waals surface area contributed by atoms with Crippen LogP contribution in [0.5, 0.6) is 0 Å². The molecule has 1 aliphatic heterocycles. The van der Waals surface area contributed by atoms with Gasteiger partial charge in [0.1, 0.15) is 0 Å². The van der Waals surface area contributed by atoms with Crippen LogP contribution in [-0.2, 0) is 0 Å². The highest BCUT2D eigenvalue weighted by Gasteiger charge is 2.33. The van der Waals surface area contributed by atoms with Crippen LogP contribution < -0.4 is 0 Å². The average Bonchev–Trinajstić information content (AvgIpc) is 3.41. The van der Waals surface area contributed by atoms with Crippen molar-refractivity contribution in [2.24, 2.45) is 0 Å². The van der Waals surface area contributed by atoms with E-state index in [1.54, 1.807) is 0 Å². The van der Waals surface area contributed by atoms with Crippen LogP contribution in [0.1, 0.15) is 0 Å². The van der Waals surface area contributed by atoms with Gasteiger partial charge in [0.25, 0.3) is 0 Å². The zero-order valence-corrected chi connectivity index (χ0v) is 29.5. The minimum atomic E-state index is -1.20. The summed E-state index contributed by atoms with van der Waals surface area (Å²) in [5, 5.41) is 7.70. The first-order valence-electron chi connectivity index (χ1n) is 17.7. The Hall–Kier alpha value is -5.89. The lowest BCUT2D eigenvalue weighted by atomic mass is 9.83. The molecule has 0 atom stereocenters. The van der Waals surface area contributed by atoms with E-state index in [-0.39, 0.29) is 0 Å². The topological polar surface area (TPSA) is 0 Å². The predicted molar refractivity (Wildman–Crippen MR) is 222 cm³/mol. The van der Waals surface area contributed by atoms with Crippen LogP contribution in [0.2, 0.25) is 0 Å². The maximum atomic E-state index is 2.56. The van der Waals surface area contributed by atoms with Crippen molar-refractivity contribution in [1.29, 1.82) is 0 Å². The molecular formula is C50H36S. The zero-order chi connectivity index (χ0) is 34.1. The summed E-state index contributed by atoms with van der Waals surface area (Å²) < 4.78 is 0. The van der Waals surface area contributed by atoms with Gasteiger partial charge in [-0.3, -0.25) is 0 Å². The number of hydrogen-bond donors (Lipinski definition) is 0. The summed E-state index contributed by atoms with van der Waals surface area (Å²) in [4.78, 5) is 2.95. The van der Waals surface area contributed by atoms with Gasteiger partial charge in [-0.05, 0) is 137 Å². The van der Waals surface area contributed by atoms with Gasteiger partial charge < -0.3 is 0 Å². The molecule has 1 heteroatoms. The SMILES string of the molecule is CS1(C)c2ccccc2-c2cc3c(-c4cccc(-c5ccc6ccccc6c5)c4)c4ccc(-c5ccccc5)cc4c(-c4ccccc4)c3cc21. The maximum Gasteiger partial charge on any atom is 0.00219 e. The summed E-state index contributed by atoms with van der Waals surface area (Å²) >= 11 is 0. The van der Waals surface area contributed by atoms with Gasteiger partial charge in [-0.25, -0.2) is 0 Å². The van der Waals surface area contributed by atoms with Crippen LogP contribution in [0.15, 0.2) is 192 Å². The van der Waals surface area contributed by atoms with Crippen LogP contribution in [-0.4, -0.2) is 12.5 Å². The summed E-state index contributed by atoms with van der Waals surface area (Å²) in [5.41, 5.74) is 12.8. The Balaban J connectivity index is 1.33. The van der Waals surface area contributed by atoms with E-state index in [2.05, 4.69) is 195 Å². The third-order valence-electron chi connectivity index (χ3n) is 10.9. The Bertz CT molecular complexity index is 2810. The summed E-state index contributed by atoms with van der Waals surface area (Å²) in [5.74, 6) is 0. The molecule has 51 heavy (non-hydrogen) atoms. The number of hydrogen-bond acceptors (Lipinski definition) is 0. The van der Waals surface area contributed by atoms with E-state index < -0.39 is 10.0 Å². The molecule has 0 spiro atoms. The van der Waals surface area contributed by atoms with Gasteiger partial charge in [0.2, 0.25) is 0 Å². The predicted octanol–water partition coefficient (Wildman–Crippen LogP) is 14.3. The van der Waals surface area contributed by atoms with Gasteiger partial charge in [-0.15, -0.1) is 0 Å². The second kappa shape index (κ2) is 11.6. The van der Waals surface area contributed by atoms with Crippen molar-refractivity contribution < 1.29 is 0 Å². The van der Waals surface area contributed by atoms with Crippen LogP contribution in [0.4, 0.5) is 0 Å². The molecule has 0 aliphatic carbocycles. The highest BCUT2D eigenvalue weighted by atomic mass is 32.3. The Morgan fingerprint density at radius 3 is 1.69 bits per heavy atom. The second-order valence-corrected chi connectivity index (χ2v) is 17.6. The molecule has 0 amide bonds. The van der Waals surface area contributed by atoms with Gasteiger partial charge in [0.15, 0.2) is 0 Å². The van der Waals surface area contributed by atoms with E-state index in [4.69, 9.17) is 0 Å². The molecule has 1 heterocycles. The number of rotatable bonds is 4. The largest absolute Gasteiger partial charge is 0.192 e. The molecule has 9 aromatic rings. The first kappa shape index (κ1) is 30.0. The summed E-state index contributed by atoms with van der Waals surface area (Å²) in [7, 11) is -1.20. The van der Waals surface area contributed by atoms with Gasteiger partial charge in [-0.1, -0.05) is 146 Å². The fourth-order valence-electron chi connectivity index (χ4n) is 8.40. The Morgan fingerprint density at radius 2 is 0.863 bits per heavy atom. The van der Waals surface area contributed by atoms with Gasteiger partial charge in [0.05, 0.1) is 0 Å². The van der Waals surface area contributed by atoms with Crippen molar-refractivity contribution in [3.05, 3.63) is 182 Å². The Labute approximate surface area is 301 Å². The monoisotopic (exact) mass is 668 g/mol. The van der Waals surface area contributed by atoms with Crippen molar-refractivity contribution in [1.82, 2.24) is 0 Å². The molecule has 0 fully saturated rings. The summed E-state index contributed by atoms with van der Waals surface area (Å²) in [6.45, 7) is 0. The molecule has 0 bridgehead atoms. The number of fused-ring (bicyclic) bond motifs is 6. The van der Waals surface area contributed by atoms with E-state index in [0.717, 1.165) is 0 Å². The summed E-state index contributed by atoms with van der Waals surface area (Å²) in [6.07, 6.45) is 4.93. The van der Waals surface area contributed by atoms with Crippen LogP contribution >= 0.6 is 10.0 Å². The van der Waals surface area contributed by atoms with Gasteiger partial charge in [-0.2, -0.15) is 10.0 Å². The number of benzene rings is 9. The quantitative estimate of drug-likeness (QED) is 0.164. The lowest BCUT2D eigenvalue weighted by molar-refractivity contribution is 1.46. The van der Waals surface area contributed by atoms with Crippen LogP contribution in [0.3, 0.4) is 0 Å². The third-order valence-corrected chi connectivity index (χ3v) is 13.8. The Morgan fingerprint density at radius 1 is 0.294 bits per heavy atom. The minimum Gasteiger partial charge on any atom is -0.192 e. The maximum absolute atomic E-state index is 2.56. The van der Waals surface area contributed by atoms with Crippen molar-refractivity contribution in [2.75, 3.05) is 12.5 Å². The highest BCUT2D eigenvalue weighted by Crippen LogP contribution is 2.68. The zero-order valence-electron chi connectivity index (χ0n) is 28.7. The fraction of sp³-hybridized carbons (Fsp3) is 0.0400. The molecule has 0 saturated carbocycles. The van der Waals surface area contributed by atoms with E-state index in [1.807, 2.05) is 0 Å². The normalized spacial score (nSPS) is 13.7. The molecule has 242 valence electrons. The molecule has 0 saturated heterocycles. The fourth-order valence-corrected chi connectivity index (χ4v) is 10.9. The molecule has 0 N–H and O–H groups in total. The van der Waals surface area contributed by atoms with E-state index >= 15 is 0 Å². The molecule has 0 nitrogen and oxygen atoms in total. The minimum absolute atomic E-state index is 1.20. The van der Waals surface area contributed by atoms with Crippen LogP contribution in [0, 0.1) is 0 Å². The van der Waals surface area contributed by atoms with Crippen LogP contribution in [0.25, 0.3) is 88.0 Å². The molecule has 10 rings (SSSR count). The lowest BCUT2D eigenvalue weighted by Crippen LogP contribution is -1.95. The van der Waals surface area contributed by atoms with Crippen molar-refractivity contribution in [2.45, 2.75) is 9.79 Å². The first-order valence-corrected chi connectivity index (χ1v) is 20.1.